The van der Waals surface area contributed by atoms with Gasteiger partial charge in [0.1, 0.15) is 5.54 Å². The molecule has 1 heterocycles. The van der Waals surface area contributed by atoms with Crippen LogP contribution in [0, 0.1) is 0 Å². The lowest BCUT2D eigenvalue weighted by Gasteiger charge is -2.49. The van der Waals surface area contributed by atoms with Crippen molar-refractivity contribution in [1.29, 1.82) is 0 Å². The van der Waals surface area contributed by atoms with Crippen LogP contribution in [0.5, 0.6) is 0 Å². The number of carbonyl (C=O) groups is 1. The summed E-state index contributed by atoms with van der Waals surface area (Å²) in [6.45, 7) is 8.60. The highest BCUT2D eigenvalue weighted by molar-refractivity contribution is 6.33. The van der Waals surface area contributed by atoms with Crippen molar-refractivity contribution < 1.29 is 4.79 Å². The highest BCUT2D eigenvalue weighted by atomic mass is 35.5. The van der Waals surface area contributed by atoms with Gasteiger partial charge in [-0.1, -0.05) is 23.7 Å². The highest BCUT2D eigenvalue weighted by Crippen LogP contribution is 2.34. The third-order valence-corrected chi connectivity index (χ3v) is 3.70. The van der Waals surface area contributed by atoms with Crippen LogP contribution in [0.4, 0.5) is 5.69 Å². The van der Waals surface area contributed by atoms with E-state index in [-0.39, 0.29) is 11.4 Å². The fourth-order valence-electron chi connectivity index (χ4n) is 2.27. The van der Waals surface area contributed by atoms with Crippen molar-refractivity contribution in [3.05, 3.63) is 29.3 Å². The minimum absolute atomic E-state index is 0.0265. The van der Waals surface area contributed by atoms with Crippen LogP contribution in [0.25, 0.3) is 0 Å². The normalized spacial score (nSPS) is 21.6. The first kappa shape index (κ1) is 13.2. The van der Waals surface area contributed by atoms with Gasteiger partial charge in [-0.3, -0.25) is 4.79 Å². The second-order valence-corrected chi connectivity index (χ2v) is 6.34. The molecule has 1 aliphatic rings. The lowest BCUT2D eigenvalue weighted by molar-refractivity contribution is -0.128. The standard InChI is InChI=1S/C14H19ClN2O/c1-13(2)9-17(14(3,4)12(18)16-13)11-8-6-5-7-10(11)15/h5-8H,9H2,1-4H3,(H,16,18). The Morgan fingerprint density at radius 3 is 2.44 bits per heavy atom. The number of carbonyl (C=O) groups excluding carboxylic acids is 1. The number of hydrogen-bond donors (Lipinski definition) is 1. The number of piperazine rings is 1. The number of rotatable bonds is 1. The molecular formula is C14H19ClN2O. The van der Waals surface area contributed by atoms with Crippen LogP contribution in [0.1, 0.15) is 27.7 Å². The fourth-order valence-corrected chi connectivity index (χ4v) is 2.51. The van der Waals surface area contributed by atoms with Gasteiger partial charge in [-0.25, -0.2) is 0 Å². The van der Waals surface area contributed by atoms with Gasteiger partial charge < -0.3 is 10.2 Å². The van der Waals surface area contributed by atoms with Crippen LogP contribution in [-0.4, -0.2) is 23.5 Å². The third kappa shape index (κ3) is 2.19. The van der Waals surface area contributed by atoms with Crippen molar-refractivity contribution in [1.82, 2.24) is 5.32 Å². The summed E-state index contributed by atoms with van der Waals surface area (Å²) in [5.74, 6) is 0.0265. The van der Waals surface area contributed by atoms with Crippen molar-refractivity contribution in [2.24, 2.45) is 0 Å². The molecule has 0 radical (unpaired) electrons. The van der Waals surface area contributed by atoms with E-state index in [1.165, 1.54) is 0 Å². The molecule has 98 valence electrons. The molecular weight excluding hydrogens is 248 g/mol. The molecule has 4 heteroatoms. The second kappa shape index (κ2) is 4.16. The molecule has 2 rings (SSSR count). The van der Waals surface area contributed by atoms with Gasteiger partial charge in [0.05, 0.1) is 16.2 Å². The third-order valence-electron chi connectivity index (χ3n) is 3.38. The summed E-state index contributed by atoms with van der Waals surface area (Å²) in [7, 11) is 0. The highest BCUT2D eigenvalue weighted by Gasteiger charge is 2.44. The van der Waals surface area contributed by atoms with E-state index in [0.29, 0.717) is 5.02 Å². The predicted octanol–water partition coefficient (Wildman–Crippen LogP) is 2.83. The maximum absolute atomic E-state index is 12.2. The van der Waals surface area contributed by atoms with Crippen LogP contribution in [0.2, 0.25) is 5.02 Å². The molecule has 18 heavy (non-hydrogen) atoms. The Balaban J connectivity index is 2.47. The smallest absolute Gasteiger partial charge is 0.245 e. The first-order valence-electron chi connectivity index (χ1n) is 6.09. The average molecular weight is 267 g/mol. The Labute approximate surface area is 113 Å². The van der Waals surface area contributed by atoms with E-state index in [4.69, 9.17) is 11.6 Å². The summed E-state index contributed by atoms with van der Waals surface area (Å²) in [5, 5.41) is 3.72. The van der Waals surface area contributed by atoms with Gasteiger partial charge in [-0.15, -0.1) is 0 Å². The summed E-state index contributed by atoms with van der Waals surface area (Å²) in [6.07, 6.45) is 0. The minimum atomic E-state index is -0.597. The Kier molecular flexibility index (Phi) is 3.06. The molecule has 0 spiro atoms. The van der Waals surface area contributed by atoms with Gasteiger partial charge in [-0.05, 0) is 39.8 Å². The number of hydrogen-bond acceptors (Lipinski definition) is 2. The summed E-state index contributed by atoms with van der Waals surface area (Å²) >= 11 is 6.25. The molecule has 1 amide bonds. The van der Waals surface area contributed by atoms with Crippen LogP contribution >= 0.6 is 11.6 Å². The number of nitrogens with one attached hydrogen (secondary N) is 1. The first-order valence-corrected chi connectivity index (χ1v) is 6.47. The van der Waals surface area contributed by atoms with Crippen molar-refractivity contribution in [3.63, 3.8) is 0 Å². The molecule has 0 atom stereocenters. The monoisotopic (exact) mass is 266 g/mol. The zero-order valence-corrected chi connectivity index (χ0v) is 12.0. The molecule has 0 saturated carbocycles. The molecule has 1 aromatic rings. The first-order chi connectivity index (χ1) is 8.24. The number of para-hydroxylation sites is 1. The van der Waals surface area contributed by atoms with Crippen molar-refractivity contribution in [2.75, 3.05) is 11.4 Å². The Morgan fingerprint density at radius 1 is 1.22 bits per heavy atom. The lowest BCUT2D eigenvalue weighted by Crippen LogP contribution is -2.69. The predicted molar refractivity (Wildman–Crippen MR) is 75.1 cm³/mol. The Bertz CT molecular complexity index is 482. The molecule has 0 aromatic heterocycles. The molecule has 0 aliphatic carbocycles. The molecule has 1 N–H and O–H groups in total. The quantitative estimate of drug-likeness (QED) is 0.848. The van der Waals surface area contributed by atoms with Crippen molar-refractivity contribution in [2.45, 2.75) is 38.8 Å². The van der Waals surface area contributed by atoms with Gasteiger partial charge >= 0.3 is 0 Å². The molecule has 0 bridgehead atoms. The van der Waals surface area contributed by atoms with Gasteiger partial charge in [0.25, 0.3) is 0 Å². The van der Waals surface area contributed by atoms with Gasteiger partial charge in [-0.2, -0.15) is 0 Å². The zero-order valence-electron chi connectivity index (χ0n) is 11.2. The van der Waals surface area contributed by atoms with E-state index < -0.39 is 5.54 Å². The summed E-state index contributed by atoms with van der Waals surface area (Å²) in [6, 6.07) is 7.65. The minimum Gasteiger partial charge on any atom is -0.354 e. The fraction of sp³-hybridized carbons (Fsp3) is 0.500. The van der Waals surface area contributed by atoms with Crippen LogP contribution in [0.3, 0.4) is 0 Å². The number of amides is 1. The van der Waals surface area contributed by atoms with E-state index in [2.05, 4.69) is 10.2 Å². The largest absolute Gasteiger partial charge is 0.354 e. The SMILES string of the molecule is CC1(C)CN(c2ccccc2Cl)C(C)(C)C(=O)N1. The summed E-state index contributed by atoms with van der Waals surface area (Å²) < 4.78 is 0. The number of benzene rings is 1. The van der Waals surface area contributed by atoms with Crippen molar-refractivity contribution in [3.8, 4) is 0 Å². The van der Waals surface area contributed by atoms with Crippen molar-refractivity contribution >= 4 is 23.2 Å². The molecule has 1 saturated heterocycles. The zero-order chi connectivity index (χ0) is 13.6. The Morgan fingerprint density at radius 2 is 1.83 bits per heavy atom. The number of nitrogens with zero attached hydrogens (tertiary/aromatic N) is 1. The van der Waals surface area contributed by atoms with E-state index in [1.54, 1.807) is 0 Å². The molecule has 3 nitrogen and oxygen atoms in total. The maximum atomic E-state index is 12.2. The van der Waals surface area contributed by atoms with E-state index in [0.717, 1.165) is 12.2 Å². The van der Waals surface area contributed by atoms with Gasteiger partial charge in [0.15, 0.2) is 0 Å². The van der Waals surface area contributed by atoms with Crippen LogP contribution in [0.15, 0.2) is 24.3 Å². The summed E-state index contributed by atoms with van der Waals surface area (Å²) in [4.78, 5) is 14.3. The van der Waals surface area contributed by atoms with E-state index in [9.17, 15) is 4.79 Å². The van der Waals surface area contributed by atoms with Gasteiger partial charge in [0, 0.05) is 6.54 Å². The number of anilines is 1. The molecule has 0 unspecified atom stereocenters. The Hall–Kier alpha value is -1.22. The van der Waals surface area contributed by atoms with Crippen LogP contribution < -0.4 is 10.2 Å². The van der Waals surface area contributed by atoms with Gasteiger partial charge in [0.2, 0.25) is 5.91 Å². The van der Waals surface area contributed by atoms with E-state index in [1.807, 2.05) is 52.0 Å². The second-order valence-electron chi connectivity index (χ2n) is 5.93. The summed E-state index contributed by atoms with van der Waals surface area (Å²) in [5.41, 5.74) is 0.0545. The average Bonchev–Trinajstić information content (AvgIpc) is 2.24. The topological polar surface area (TPSA) is 32.3 Å². The lowest BCUT2D eigenvalue weighted by atomic mass is 9.90. The van der Waals surface area contributed by atoms with Crippen LogP contribution in [-0.2, 0) is 4.79 Å². The molecule has 1 fully saturated rings. The van der Waals surface area contributed by atoms with E-state index >= 15 is 0 Å². The number of halogens is 1. The maximum Gasteiger partial charge on any atom is 0.245 e. The molecule has 1 aliphatic heterocycles. The molecule has 1 aromatic carbocycles.